The molecule has 0 spiro atoms. The number of rotatable bonds is 4. The van der Waals surface area contributed by atoms with Gasteiger partial charge in [0.05, 0.1) is 11.6 Å². The summed E-state index contributed by atoms with van der Waals surface area (Å²) in [5.41, 5.74) is 1.38. The number of piperidine rings is 1. The van der Waals surface area contributed by atoms with Gasteiger partial charge in [0.15, 0.2) is 5.65 Å². The molecule has 0 radical (unpaired) electrons. The second-order valence-corrected chi connectivity index (χ2v) is 7.30. The van der Waals surface area contributed by atoms with E-state index in [0.29, 0.717) is 16.9 Å². The molecule has 3 heterocycles. The van der Waals surface area contributed by atoms with Gasteiger partial charge in [-0.2, -0.15) is 13.2 Å². The van der Waals surface area contributed by atoms with Crippen molar-refractivity contribution in [1.82, 2.24) is 20.3 Å². The Morgan fingerprint density at radius 1 is 1.22 bits per heavy atom. The van der Waals surface area contributed by atoms with Crippen molar-refractivity contribution in [2.75, 3.05) is 18.0 Å². The maximum atomic E-state index is 13.5. The normalized spacial score (nSPS) is 20.9. The standard InChI is InChI=1S/C18H22F3N5O/c1-11(2)7-15(27)25-13-8-12(18(19,20)21)9-26(10-13)14-3-4-23-17-16(14)22-5-6-24-17/h3-6,11-13H,7-10H2,1-2H3,(H,25,27). The molecular formula is C18H22F3N5O. The number of alkyl halides is 3. The van der Waals surface area contributed by atoms with Crippen LogP contribution in [0.4, 0.5) is 18.9 Å². The van der Waals surface area contributed by atoms with E-state index in [9.17, 15) is 18.0 Å². The Morgan fingerprint density at radius 2 is 1.93 bits per heavy atom. The molecule has 0 saturated carbocycles. The Morgan fingerprint density at radius 3 is 2.63 bits per heavy atom. The fourth-order valence-corrected chi connectivity index (χ4v) is 3.41. The van der Waals surface area contributed by atoms with Gasteiger partial charge in [-0.1, -0.05) is 13.8 Å². The number of hydrogen-bond acceptors (Lipinski definition) is 5. The zero-order chi connectivity index (χ0) is 19.6. The highest BCUT2D eigenvalue weighted by atomic mass is 19.4. The summed E-state index contributed by atoms with van der Waals surface area (Å²) in [4.78, 5) is 26.2. The minimum absolute atomic E-state index is 0.126. The molecule has 3 rings (SSSR count). The number of fused-ring (bicyclic) bond motifs is 1. The molecule has 27 heavy (non-hydrogen) atoms. The number of anilines is 1. The number of halogens is 3. The molecule has 2 unspecified atom stereocenters. The fourth-order valence-electron chi connectivity index (χ4n) is 3.41. The van der Waals surface area contributed by atoms with Crippen LogP contribution in [0.5, 0.6) is 0 Å². The van der Waals surface area contributed by atoms with Crippen LogP contribution in [0.25, 0.3) is 11.2 Å². The third-order valence-corrected chi connectivity index (χ3v) is 4.56. The largest absolute Gasteiger partial charge is 0.393 e. The van der Waals surface area contributed by atoms with Gasteiger partial charge in [0.25, 0.3) is 0 Å². The molecule has 1 N–H and O–H groups in total. The van der Waals surface area contributed by atoms with Crippen LogP contribution in [0.1, 0.15) is 26.7 Å². The van der Waals surface area contributed by atoms with Crippen LogP contribution in [-0.4, -0.2) is 46.2 Å². The molecule has 0 aromatic carbocycles. The maximum absolute atomic E-state index is 13.5. The molecular weight excluding hydrogens is 359 g/mol. The molecule has 2 atom stereocenters. The summed E-state index contributed by atoms with van der Waals surface area (Å²) < 4.78 is 40.5. The van der Waals surface area contributed by atoms with Crippen LogP contribution in [0.15, 0.2) is 24.7 Å². The van der Waals surface area contributed by atoms with E-state index in [1.54, 1.807) is 11.0 Å². The molecule has 2 aromatic rings. The number of nitrogens with one attached hydrogen (secondary N) is 1. The third-order valence-electron chi connectivity index (χ3n) is 4.56. The lowest BCUT2D eigenvalue weighted by Crippen LogP contribution is -2.54. The van der Waals surface area contributed by atoms with Crippen LogP contribution in [0, 0.1) is 11.8 Å². The third kappa shape index (κ3) is 4.64. The number of nitrogens with zero attached hydrogens (tertiary/aromatic N) is 4. The average molecular weight is 381 g/mol. The van der Waals surface area contributed by atoms with Gasteiger partial charge in [-0.05, 0) is 18.4 Å². The molecule has 1 fully saturated rings. The van der Waals surface area contributed by atoms with E-state index in [4.69, 9.17) is 0 Å². The fraction of sp³-hybridized carbons (Fsp3) is 0.556. The van der Waals surface area contributed by atoms with Gasteiger partial charge in [0.2, 0.25) is 5.91 Å². The zero-order valence-electron chi connectivity index (χ0n) is 15.2. The summed E-state index contributed by atoms with van der Waals surface area (Å²) in [6.45, 7) is 3.89. The Balaban J connectivity index is 1.88. The van der Waals surface area contributed by atoms with Crippen molar-refractivity contribution in [3.63, 3.8) is 0 Å². The lowest BCUT2D eigenvalue weighted by Gasteiger charge is -2.40. The van der Waals surface area contributed by atoms with Gasteiger partial charge in [-0.25, -0.2) is 15.0 Å². The van der Waals surface area contributed by atoms with Crippen molar-refractivity contribution in [1.29, 1.82) is 0 Å². The van der Waals surface area contributed by atoms with Crippen LogP contribution < -0.4 is 10.2 Å². The van der Waals surface area contributed by atoms with Crippen LogP contribution >= 0.6 is 0 Å². The summed E-state index contributed by atoms with van der Waals surface area (Å²) in [5.74, 6) is -1.62. The first-order chi connectivity index (χ1) is 12.7. The molecule has 1 saturated heterocycles. The van der Waals surface area contributed by atoms with E-state index in [1.807, 2.05) is 13.8 Å². The van der Waals surface area contributed by atoms with Crippen LogP contribution in [0.3, 0.4) is 0 Å². The van der Waals surface area contributed by atoms with Crippen molar-refractivity contribution in [2.24, 2.45) is 11.8 Å². The van der Waals surface area contributed by atoms with E-state index in [2.05, 4.69) is 20.3 Å². The van der Waals surface area contributed by atoms with E-state index in [-0.39, 0.29) is 37.8 Å². The highest BCUT2D eigenvalue weighted by Crippen LogP contribution is 2.36. The van der Waals surface area contributed by atoms with Crippen molar-refractivity contribution in [3.8, 4) is 0 Å². The molecule has 0 bridgehead atoms. The first-order valence-corrected chi connectivity index (χ1v) is 8.90. The summed E-state index contributed by atoms with van der Waals surface area (Å²) in [6.07, 6.45) is 0.308. The molecule has 1 aliphatic heterocycles. The first-order valence-electron chi connectivity index (χ1n) is 8.90. The number of carbonyl (C=O) groups is 1. The topological polar surface area (TPSA) is 71.0 Å². The minimum Gasteiger partial charge on any atom is -0.367 e. The van der Waals surface area contributed by atoms with Gasteiger partial charge in [-0.3, -0.25) is 4.79 Å². The molecule has 9 heteroatoms. The SMILES string of the molecule is CC(C)CC(=O)NC1CC(C(F)(F)F)CN(c2ccnc3nccnc23)C1. The summed E-state index contributed by atoms with van der Waals surface area (Å²) in [6, 6.07) is 1.06. The minimum atomic E-state index is -4.34. The Labute approximate surface area is 155 Å². The number of carbonyl (C=O) groups excluding carboxylic acids is 1. The highest BCUT2D eigenvalue weighted by molar-refractivity contribution is 5.85. The zero-order valence-corrected chi connectivity index (χ0v) is 15.2. The van der Waals surface area contributed by atoms with Gasteiger partial charge in [0, 0.05) is 44.1 Å². The van der Waals surface area contributed by atoms with E-state index in [0.717, 1.165) is 0 Å². The lowest BCUT2D eigenvalue weighted by molar-refractivity contribution is -0.178. The second-order valence-electron chi connectivity index (χ2n) is 7.30. The average Bonchev–Trinajstić information content (AvgIpc) is 2.59. The van der Waals surface area contributed by atoms with Crippen molar-refractivity contribution in [3.05, 3.63) is 24.7 Å². The first kappa shape index (κ1) is 19.3. The Hall–Kier alpha value is -2.45. The lowest BCUT2D eigenvalue weighted by atomic mass is 9.92. The van der Waals surface area contributed by atoms with E-state index < -0.39 is 18.1 Å². The number of amides is 1. The highest BCUT2D eigenvalue weighted by Gasteiger charge is 2.45. The van der Waals surface area contributed by atoms with E-state index in [1.165, 1.54) is 18.6 Å². The summed E-state index contributed by atoms with van der Waals surface area (Å²) >= 11 is 0. The molecule has 1 aliphatic rings. The molecule has 0 aliphatic carbocycles. The molecule has 146 valence electrons. The van der Waals surface area contributed by atoms with Crippen molar-refractivity contribution < 1.29 is 18.0 Å². The van der Waals surface area contributed by atoms with Crippen LogP contribution in [0.2, 0.25) is 0 Å². The quantitative estimate of drug-likeness (QED) is 0.882. The van der Waals surface area contributed by atoms with Gasteiger partial charge >= 0.3 is 6.18 Å². The molecule has 2 aromatic heterocycles. The summed E-state index contributed by atoms with van der Waals surface area (Å²) in [7, 11) is 0. The molecule has 6 nitrogen and oxygen atoms in total. The van der Waals surface area contributed by atoms with Gasteiger partial charge < -0.3 is 10.2 Å². The van der Waals surface area contributed by atoms with Crippen molar-refractivity contribution in [2.45, 2.75) is 38.9 Å². The smallest absolute Gasteiger partial charge is 0.367 e. The molecule has 1 amide bonds. The predicted octanol–water partition coefficient (Wildman–Crippen LogP) is 2.94. The number of pyridine rings is 1. The second kappa shape index (κ2) is 7.66. The summed E-state index contributed by atoms with van der Waals surface area (Å²) in [5, 5.41) is 2.77. The monoisotopic (exact) mass is 381 g/mol. The Bertz CT molecular complexity index is 806. The number of hydrogen-bond donors (Lipinski definition) is 1. The maximum Gasteiger partial charge on any atom is 0.393 e. The Kier molecular flexibility index (Phi) is 5.48. The van der Waals surface area contributed by atoms with Gasteiger partial charge in [0.1, 0.15) is 5.52 Å². The van der Waals surface area contributed by atoms with Gasteiger partial charge in [-0.15, -0.1) is 0 Å². The number of aromatic nitrogens is 3. The van der Waals surface area contributed by atoms with Crippen LogP contribution in [-0.2, 0) is 4.79 Å². The van der Waals surface area contributed by atoms with E-state index >= 15 is 0 Å². The van der Waals surface area contributed by atoms with Crippen molar-refractivity contribution >= 4 is 22.8 Å². The predicted molar refractivity (Wildman–Crippen MR) is 95.1 cm³/mol.